The standard InChI is InChI=1S/C21H26N4O5S/c1-16-4-5-17(2)21(14-16)29-10-3-11-30-25-20-15-18(6-7-19(20)22-23-25)31(26,27)24-8-12-28-13-9-24/h4-7,14-15H,3,8-13H2,1-2H3. The summed E-state index contributed by atoms with van der Waals surface area (Å²) in [5.41, 5.74) is 3.30. The van der Waals surface area contributed by atoms with Crippen LogP contribution < -0.4 is 9.57 Å². The molecular weight excluding hydrogens is 420 g/mol. The number of ether oxygens (including phenoxy) is 2. The number of fused-ring (bicyclic) bond motifs is 1. The molecule has 0 amide bonds. The van der Waals surface area contributed by atoms with Crippen LogP contribution in [0.3, 0.4) is 0 Å². The Kier molecular flexibility index (Phi) is 6.40. The first-order valence-electron chi connectivity index (χ1n) is 10.2. The normalized spacial score (nSPS) is 15.3. The number of hydrogen-bond acceptors (Lipinski definition) is 7. The first-order chi connectivity index (χ1) is 14.9. The lowest BCUT2D eigenvalue weighted by molar-refractivity contribution is 0.0730. The van der Waals surface area contributed by atoms with Crippen molar-refractivity contribution in [1.29, 1.82) is 0 Å². The minimum Gasteiger partial charge on any atom is -0.493 e. The zero-order valence-electron chi connectivity index (χ0n) is 17.7. The van der Waals surface area contributed by atoms with E-state index in [4.69, 9.17) is 14.3 Å². The van der Waals surface area contributed by atoms with E-state index in [0.29, 0.717) is 57.0 Å². The van der Waals surface area contributed by atoms with E-state index in [-0.39, 0.29) is 4.90 Å². The van der Waals surface area contributed by atoms with E-state index >= 15 is 0 Å². The van der Waals surface area contributed by atoms with Gasteiger partial charge in [0, 0.05) is 19.5 Å². The van der Waals surface area contributed by atoms with Gasteiger partial charge in [-0.25, -0.2) is 8.42 Å². The third-order valence-electron chi connectivity index (χ3n) is 5.10. The second-order valence-corrected chi connectivity index (χ2v) is 9.37. The summed E-state index contributed by atoms with van der Waals surface area (Å²) in [6, 6.07) is 10.8. The second kappa shape index (κ2) is 9.21. The fourth-order valence-electron chi connectivity index (χ4n) is 3.32. The van der Waals surface area contributed by atoms with Crippen LogP contribution in [-0.2, 0) is 14.8 Å². The summed E-state index contributed by atoms with van der Waals surface area (Å²) >= 11 is 0. The molecule has 4 rings (SSSR count). The maximum atomic E-state index is 12.9. The summed E-state index contributed by atoms with van der Waals surface area (Å²) < 4.78 is 38.3. The smallest absolute Gasteiger partial charge is 0.243 e. The maximum Gasteiger partial charge on any atom is 0.243 e. The summed E-state index contributed by atoms with van der Waals surface area (Å²) in [4.78, 5) is 7.16. The molecule has 1 fully saturated rings. The zero-order chi connectivity index (χ0) is 21.8. The van der Waals surface area contributed by atoms with Crippen LogP contribution in [0.4, 0.5) is 0 Å². The molecule has 0 unspecified atom stereocenters. The van der Waals surface area contributed by atoms with Crippen molar-refractivity contribution in [3.8, 4) is 5.75 Å². The number of benzene rings is 2. The van der Waals surface area contributed by atoms with Gasteiger partial charge in [-0.1, -0.05) is 17.0 Å². The molecule has 0 bridgehead atoms. The van der Waals surface area contributed by atoms with Gasteiger partial charge in [-0.15, -0.1) is 5.10 Å². The molecule has 0 atom stereocenters. The largest absolute Gasteiger partial charge is 0.493 e. The van der Waals surface area contributed by atoms with Crippen LogP contribution in [0.5, 0.6) is 5.75 Å². The van der Waals surface area contributed by atoms with Gasteiger partial charge in [0.25, 0.3) is 0 Å². The van der Waals surface area contributed by atoms with Crippen LogP contribution in [-0.4, -0.2) is 67.4 Å². The van der Waals surface area contributed by atoms with Crippen molar-refractivity contribution in [2.24, 2.45) is 0 Å². The Hall–Kier alpha value is -2.69. The molecule has 0 radical (unpaired) electrons. The lowest BCUT2D eigenvalue weighted by atomic mass is 10.1. The zero-order valence-corrected chi connectivity index (χ0v) is 18.5. The summed E-state index contributed by atoms with van der Waals surface area (Å²) in [6.07, 6.45) is 0.639. The molecule has 0 aliphatic carbocycles. The molecule has 0 N–H and O–H groups in total. The van der Waals surface area contributed by atoms with E-state index < -0.39 is 10.0 Å². The Bertz CT molecular complexity index is 1160. The van der Waals surface area contributed by atoms with Crippen molar-refractivity contribution < 1.29 is 22.7 Å². The molecule has 166 valence electrons. The molecule has 2 aromatic carbocycles. The fraction of sp³-hybridized carbons (Fsp3) is 0.429. The quantitative estimate of drug-likeness (QED) is 0.488. The Morgan fingerprint density at radius 1 is 1.06 bits per heavy atom. The van der Waals surface area contributed by atoms with Crippen molar-refractivity contribution in [3.05, 3.63) is 47.5 Å². The van der Waals surface area contributed by atoms with Gasteiger partial charge in [-0.05, 0) is 54.5 Å². The van der Waals surface area contributed by atoms with Crippen molar-refractivity contribution in [2.45, 2.75) is 25.2 Å². The highest BCUT2D eigenvalue weighted by molar-refractivity contribution is 7.89. The Balaban J connectivity index is 1.39. The minimum atomic E-state index is -3.61. The molecule has 1 saturated heterocycles. The summed E-state index contributed by atoms with van der Waals surface area (Å²) in [6.45, 7) is 6.36. The molecule has 31 heavy (non-hydrogen) atoms. The summed E-state index contributed by atoms with van der Waals surface area (Å²) in [5.74, 6) is 0.865. The first-order valence-corrected chi connectivity index (χ1v) is 11.7. The van der Waals surface area contributed by atoms with Gasteiger partial charge >= 0.3 is 0 Å². The van der Waals surface area contributed by atoms with E-state index in [1.807, 2.05) is 26.0 Å². The second-order valence-electron chi connectivity index (χ2n) is 7.43. The van der Waals surface area contributed by atoms with Crippen LogP contribution >= 0.6 is 0 Å². The third-order valence-corrected chi connectivity index (χ3v) is 6.99. The molecule has 10 heteroatoms. The Morgan fingerprint density at radius 3 is 2.68 bits per heavy atom. The number of nitrogens with zero attached hydrogens (tertiary/aromatic N) is 4. The molecule has 0 saturated carbocycles. The molecule has 9 nitrogen and oxygen atoms in total. The van der Waals surface area contributed by atoms with Gasteiger partial charge in [0.2, 0.25) is 10.0 Å². The number of rotatable bonds is 8. The maximum absolute atomic E-state index is 12.9. The SMILES string of the molecule is Cc1ccc(C)c(OCCCOn2nnc3ccc(S(=O)(=O)N4CCOCC4)cc32)c1. The van der Waals surface area contributed by atoms with Crippen LogP contribution in [0.2, 0.25) is 0 Å². The van der Waals surface area contributed by atoms with E-state index in [2.05, 4.69) is 16.4 Å². The minimum absolute atomic E-state index is 0.187. The van der Waals surface area contributed by atoms with Crippen LogP contribution in [0.1, 0.15) is 17.5 Å². The predicted molar refractivity (Wildman–Crippen MR) is 115 cm³/mol. The van der Waals surface area contributed by atoms with Crippen molar-refractivity contribution in [2.75, 3.05) is 39.5 Å². The van der Waals surface area contributed by atoms with Crippen molar-refractivity contribution >= 4 is 21.1 Å². The van der Waals surface area contributed by atoms with Gasteiger partial charge < -0.3 is 14.3 Å². The van der Waals surface area contributed by atoms with E-state index in [1.54, 1.807) is 18.2 Å². The average molecular weight is 447 g/mol. The van der Waals surface area contributed by atoms with E-state index in [9.17, 15) is 8.42 Å². The van der Waals surface area contributed by atoms with E-state index in [0.717, 1.165) is 16.9 Å². The summed E-state index contributed by atoms with van der Waals surface area (Å²) in [5, 5.41) is 8.04. The van der Waals surface area contributed by atoms with Crippen molar-refractivity contribution in [3.63, 3.8) is 0 Å². The van der Waals surface area contributed by atoms with Gasteiger partial charge in [-0.2, -0.15) is 4.31 Å². The number of aryl methyl sites for hydroxylation is 2. The molecule has 3 aromatic rings. The molecule has 1 aromatic heterocycles. The number of aromatic nitrogens is 3. The fourth-order valence-corrected chi connectivity index (χ4v) is 4.75. The van der Waals surface area contributed by atoms with Gasteiger partial charge in [-0.3, -0.25) is 0 Å². The average Bonchev–Trinajstić information content (AvgIpc) is 3.18. The molecule has 1 aliphatic rings. The monoisotopic (exact) mass is 446 g/mol. The van der Waals surface area contributed by atoms with Crippen molar-refractivity contribution in [1.82, 2.24) is 19.5 Å². The highest BCUT2D eigenvalue weighted by Crippen LogP contribution is 2.22. The van der Waals surface area contributed by atoms with Crippen LogP contribution in [0.15, 0.2) is 41.3 Å². The lowest BCUT2D eigenvalue weighted by Gasteiger charge is -2.26. The van der Waals surface area contributed by atoms with Crippen LogP contribution in [0.25, 0.3) is 11.0 Å². The third kappa shape index (κ3) is 4.81. The number of hydrogen-bond donors (Lipinski definition) is 0. The molecular formula is C21H26N4O5S. The van der Waals surface area contributed by atoms with E-state index in [1.165, 1.54) is 9.15 Å². The highest BCUT2D eigenvalue weighted by Gasteiger charge is 2.27. The highest BCUT2D eigenvalue weighted by atomic mass is 32.2. The summed E-state index contributed by atoms with van der Waals surface area (Å²) in [7, 11) is -3.61. The topological polar surface area (TPSA) is 95.8 Å². The Morgan fingerprint density at radius 2 is 1.87 bits per heavy atom. The van der Waals surface area contributed by atoms with Gasteiger partial charge in [0.1, 0.15) is 23.4 Å². The van der Waals surface area contributed by atoms with Crippen LogP contribution in [0, 0.1) is 13.8 Å². The van der Waals surface area contributed by atoms with Gasteiger partial charge in [0.15, 0.2) is 0 Å². The molecule has 2 heterocycles. The number of morpholine rings is 1. The first kappa shape index (κ1) is 21.5. The molecule has 0 spiro atoms. The number of sulfonamides is 1. The molecule has 1 aliphatic heterocycles. The Labute approximate surface area is 181 Å². The predicted octanol–water partition coefficient (Wildman–Crippen LogP) is 1.97. The lowest BCUT2D eigenvalue weighted by Crippen LogP contribution is -2.40. The van der Waals surface area contributed by atoms with Gasteiger partial charge in [0.05, 0.1) is 24.7 Å².